The van der Waals surface area contributed by atoms with Crippen molar-refractivity contribution in [3.63, 3.8) is 0 Å². The van der Waals surface area contributed by atoms with Crippen LogP contribution in [0.4, 0.5) is 0 Å². The van der Waals surface area contributed by atoms with Gasteiger partial charge in [-0.3, -0.25) is 0 Å². The van der Waals surface area contributed by atoms with Crippen molar-refractivity contribution in [3.8, 4) is 0 Å². The van der Waals surface area contributed by atoms with Crippen molar-refractivity contribution in [1.29, 1.82) is 0 Å². The van der Waals surface area contributed by atoms with Crippen molar-refractivity contribution >= 4 is 0 Å². The largest absolute Gasteiger partial charge is 0.327 e. The van der Waals surface area contributed by atoms with E-state index in [1.165, 1.54) is 19.3 Å². The smallest absolute Gasteiger partial charge is 0.0104 e. The van der Waals surface area contributed by atoms with E-state index in [-0.39, 0.29) is 0 Å². The van der Waals surface area contributed by atoms with E-state index in [4.69, 9.17) is 5.73 Å². The topological polar surface area (TPSA) is 29.3 Å². The van der Waals surface area contributed by atoms with Crippen molar-refractivity contribution in [1.82, 2.24) is 4.90 Å². The maximum Gasteiger partial charge on any atom is 0.0104 e. The summed E-state index contributed by atoms with van der Waals surface area (Å²) in [6, 6.07) is 1.15. The summed E-state index contributed by atoms with van der Waals surface area (Å²) in [4.78, 5) is 2.30. The Kier molecular flexibility index (Phi) is 2.90. The molecule has 1 fully saturated rings. The first kappa shape index (κ1) is 9.01. The second-order valence-electron chi connectivity index (χ2n) is 4.07. The summed E-state index contributed by atoms with van der Waals surface area (Å²) in [5.74, 6) is 0.728. The van der Waals surface area contributed by atoms with Gasteiger partial charge in [-0.25, -0.2) is 0 Å². The molecule has 1 aliphatic carbocycles. The molecule has 2 nitrogen and oxygen atoms in total. The lowest BCUT2D eigenvalue weighted by Gasteiger charge is -2.35. The maximum absolute atomic E-state index is 5.98. The van der Waals surface area contributed by atoms with Crippen molar-refractivity contribution in [2.24, 2.45) is 11.7 Å². The van der Waals surface area contributed by atoms with Crippen molar-refractivity contribution in [3.05, 3.63) is 0 Å². The Morgan fingerprint density at radius 1 is 1.27 bits per heavy atom. The monoisotopic (exact) mass is 156 g/mol. The molecule has 0 spiro atoms. The normalized spacial score (nSPS) is 39.5. The van der Waals surface area contributed by atoms with E-state index in [9.17, 15) is 0 Å². The van der Waals surface area contributed by atoms with Crippen LogP contribution in [0, 0.1) is 5.92 Å². The van der Waals surface area contributed by atoms with Gasteiger partial charge in [0.25, 0.3) is 0 Å². The van der Waals surface area contributed by atoms with E-state index in [1.54, 1.807) is 0 Å². The molecule has 0 aliphatic heterocycles. The summed E-state index contributed by atoms with van der Waals surface area (Å²) in [6.07, 6.45) is 3.79. The first-order chi connectivity index (χ1) is 5.11. The zero-order valence-electron chi connectivity index (χ0n) is 7.88. The van der Waals surface area contributed by atoms with E-state index >= 15 is 0 Å². The minimum atomic E-state index is 0.427. The molecule has 0 aromatic heterocycles. The highest BCUT2D eigenvalue weighted by atomic mass is 15.1. The molecule has 0 heterocycles. The van der Waals surface area contributed by atoms with Crippen LogP contribution in [-0.4, -0.2) is 31.1 Å². The molecule has 1 rings (SSSR count). The van der Waals surface area contributed by atoms with Crippen LogP contribution in [0.25, 0.3) is 0 Å². The second-order valence-corrected chi connectivity index (χ2v) is 4.07. The first-order valence-electron chi connectivity index (χ1n) is 4.53. The van der Waals surface area contributed by atoms with E-state index < -0.39 is 0 Å². The van der Waals surface area contributed by atoms with Crippen LogP contribution in [0.2, 0.25) is 0 Å². The molecule has 0 unspecified atom stereocenters. The van der Waals surface area contributed by atoms with E-state index in [0.29, 0.717) is 6.04 Å². The Hall–Kier alpha value is -0.0800. The SMILES string of the molecule is C[C@H]1CC[C@@H](N(C)C)C[C@@H]1N. The lowest BCUT2D eigenvalue weighted by atomic mass is 9.83. The van der Waals surface area contributed by atoms with Gasteiger partial charge < -0.3 is 10.6 Å². The molecule has 1 saturated carbocycles. The fourth-order valence-corrected chi connectivity index (χ4v) is 1.80. The number of nitrogens with two attached hydrogens (primary N) is 1. The summed E-state index contributed by atoms with van der Waals surface area (Å²) in [6.45, 7) is 2.26. The Morgan fingerprint density at radius 2 is 1.91 bits per heavy atom. The fraction of sp³-hybridized carbons (Fsp3) is 1.00. The van der Waals surface area contributed by atoms with Crippen LogP contribution in [0.3, 0.4) is 0 Å². The van der Waals surface area contributed by atoms with Gasteiger partial charge in [0.2, 0.25) is 0 Å². The van der Waals surface area contributed by atoms with Crippen LogP contribution in [0.1, 0.15) is 26.2 Å². The highest BCUT2D eigenvalue weighted by Gasteiger charge is 2.25. The van der Waals surface area contributed by atoms with Gasteiger partial charge >= 0.3 is 0 Å². The summed E-state index contributed by atoms with van der Waals surface area (Å²) in [5, 5.41) is 0. The van der Waals surface area contributed by atoms with Gasteiger partial charge in [-0.05, 0) is 39.3 Å². The van der Waals surface area contributed by atoms with E-state index in [0.717, 1.165) is 12.0 Å². The summed E-state index contributed by atoms with van der Waals surface area (Å²) in [5.41, 5.74) is 5.98. The van der Waals surface area contributed by atoms with Crippen LogP contribution in [-0.2, 0) is 0 Å². The Balaban J connectivity index is 2.40. The highest BCUT2D eigenvalue weighted by molar-refractivity contribution is 4.83. The van der Waals surface area contributed by atoms with Gasteiger partial charge in [-0.2, -0.15) is 0 Å². The molecule has 0 aromatic carbocycles. The van der Waals surface area contributed by atoms with Crippen molar-refractivity contribution in [2.45, 2.75) is 38.3 Å². The Bertz CT molecular complexity index is 123. The molecule has 0 saturated heterocycles. The molecule has 0 radical (unpaired) electrons. The predicted octanol–water partition coefficient (Wildman–Crippen LogP) is 1.06. The van der Waals surface area contributed by atoms with Gasteiger partial charge in [0.15, 0.2) is 0 Å². The van der Waals surface area contributed by atoms with Crippen molar-refractivity contribution in [2.75, 3.05) is 14.1 Å². The lowest BCUT2D eigenvalue weighted by molar-refractivity contribution is 0.180. The zero-order chi connectivity index (χ0) is 8.43. The Morgan fingerprint density at radius 3 is 2.36 bits per heavy atom. The van der Waals surface area contributed by atoms with Crippen LogP contribution in [0.5, 0.6) is 0 Å². The molecule has 2 heteroatoms. The number of rotatable bonds is 1. The molecule has 0 aromatic rings. The number of hydrogen-bond donors (Lipinski definition) is 1. The number of nitrogens with zero attached hydrogens (tertiary/aromatic N) is 1. The minimum Gasteiger partial charge on any atom is -0.327 e. The molecule has 11 heavy (non-hydrogen) atoms. The predicted molar refractivity (Wildman–Crippen MR) is 48.5 cm³/mol. The Labute approximate surface area is 69.8 Å². The minimum absolute atomic E-state index is 0.427. The van der Waals surface area contributed by atoms with Gasteiger partial charge in [0.1, 0.15) is 0 Å². The first-order valence-corrected chi connectivity index (χ1v) is 4.53. The average Bonchev–Trinajstić information content (AvgIpc) is 1.94. The van der Waals surface area contributed by atoms with Crippen LogP contribution in [0.15, 0.2) is 0 Å². The van der Waals surface area contributed by atoms with Crippen LogP contribution >= 0.6 is 0 Å². The summed E-state index contributed by atoms with van der Waals surface area (Å²) < 4.78 is 0. The maximum atomic E-state index is 5.98. The zero-order valence-corrected chi connectivity index (χ0v) is 7.88. The quantitative estimate of drug-likeness (QED) is 0.615. The van der Waals surface area contributed by atoms with Gasteiger partial charge in [0.05, 0.1) is 0 Å². The van der Waals surface area contributed by atoms with E-state index in [2.05, 4.69) is 25.9 Å². The van der Waals surface area contributed by atoms with Gasteiger partial charge in [-0.15, -0.1) is 0 Å². The summed E-state index contributed by atoms with van der Waals surface area (Å²) >= 11 is 0. The van der Waals surface area contributed by atoms with Crippen molar-refractivity contribution < 1.29 is 0 Å². The molecule has 2 N–H and O–H groups in total. The summed E-state index contributed by atoms with van der Waals surface area (Å²) in [7, 11) is 4.29. The molecule has 66 valence electrons. The molecule has 1 aliphatic rings. The lowest BCUT2D eigenvalue weighted by Crippen LogP contribution is -2.42. The molecule has 0 amide bonds. The number of hydrogen-bond acceptors (Lipinski definition) is 2. The molecule has 3 atom stereocenters. The third-order valence-corrected chi connectivity index (χ3v) is 2.96. The fourth-order valence-electron chi connectivity index (χ4n) is 1.80. The third-order valence-electron chi connectivity index (χ3n) is 2.96. The molecular formula is C9H20N2. The van der Waals surface area contributed by atoms with Crippen LogP contribution < -0.4 is 5.73 Å². The van der Waals surface area contributed by atoms with Gasteiger partial charge in [-0.1, -0.05) is 6.92 Å². The average molecular weight is 156 g/mol. The van der Waals surface area contributed by atoms with Gasteiger partial charge in [0, 0.05) is 12.1 Å². The van der Waals surface area contributed by atoms with E-state index in [1.807, 2.05) is 0 Å². The second kappa shape index (κ2) is 3.55. The molecule has 0 bridgehead atoms. The highest BCUT2D eigenvalue weighted by Crippen LogP contribution is 2.24. The standard InChI is InChI=1S/C9H20N2/c1-7-4-5-8(11(2)3)6-9(7)10/h7-9H,4-6,10H2,1-3H3/t7-,8+,9-/m0/s1. The molecular weight excluding hydrogens is 136 g/mol. The third kappa shape index (κ3) is 2.17.